The Balaban J connectivity index is 1.30. The smallest absolute Gasteiger partial charge is 0.282 e. The zero-order valence-electron chi connectivity index (χ0n) is 19.7. The fraction of sp³-hybridized carbons (Fsp3) is 0.462. The minimum absolute atomic E-state index is 0.156. The monoisotopic (exact) mass is 461 g/mol. The van der Waals surface area contributed by atoms with Crippen LogP contribution in [-0.4, -0.2) is 62.1 Å². The second-order valence-corrected chi connectivity index (χ2v) is 9.51. The lowest BCUT2D eigenvalue weighted by Gasteiger charge is -2.35. The molecule has 0 N–H and O–H groups in total. The molecule has 0 atom stereocenters. The van der Waals surface area contributed by atoms with Gasteiger partial charge >= 0.3 is 0 Å². The van der Waals surface area contributed by atoms with Gasteiger partial charge in [-0.3, -0.25) is 14.4 Å². The van der Waals surface area contributed by atoms with Crippen LogP contribution in [-0.2, 0) is 11.8 Å². The molecule has 0 aromatic heterocycles. The van der Waals surface area contributed by atoms with Gasteiger partial charge in [-0.25, -0.2) is 0 Å². The molecule has 0 radical (unpaired) electrons. The lowest BCUT2D eigenvalue weighted by atomic mass is 10.0. The Labute approximate surface area is 199 Å². The number of aromatic nitrogens is 3. The number of fused-ring (bicyclic) bond motifs is 1. The lowest BCUT2D eigenvalue weighted by Crippen LogP contribution is -2.50. The topological polar surface area (TPSA) is 80.4 Å². The maximum Gasteiger partial charge on any atom is 0.282 e. The third-order valence-electron chi connectivity index (χ3n) is 7.19. The van der Waals surface area contributed by atoms with Crippen molar-refractivity contribution in [1.29, 1.82) is 0 Å². The first-order valence-electron chi connectivity index (χ1n) is 12.2. The van der Waals surface area contributed by atoms with Crippen molar-refractivity contribution in [2.45, 2.75) is 38.5 Å². The summed E-state index contributed by atoms with van der Waals surface area (Å²) < 4.78 is 3.08. The van der Waals surface area contributed by atoms with Gasteiger partial charge in [0, 0.05) is 52.0 Å². The van der Waals surface area contributed by atoms with Crippen LogP contribution in [0.4, 0.5) is 0 Å². The van der Waals surface area contributed by atoms with Gasteiger partial charge in [-0.2, -0.15) is 9.78 Å². The number of carbonyl (C=O) groups is 2. The van der Waals surface area contributed by atoms with Gasteiger partial charge in [0.1, 0.15) is 5.69 Å². The molecular formula is C26H31N5O3. The van der Waals surface area contributed by atoms with Gasteiger partial charge in [-0.05, 0) is 24.5 Å². The molecule has 1 aromatic carbocycles. The van der Waals surface area contributed by atoms with Crippen LogP contribution in [0.15, 0.2) is 47.5 Å². The van der Waals surface area contributed by atoms with Gasteiger partial charge in [0.15, 0.2) is 0 Å². The molecular weight excluding hydrogens is 430 g/mol. The number of para-hydroxylation sites is 1. The van der Waals surface area contributed by atoms with E-state index in [9.17, 15) is 14.4 Å². The van der Waals surface area contributed by atoms with E-state index in [2.05, 4.69) is 5.10 Å². The van der Waals surface area contributed by atoms with E-state index < -0.39 is 0 Å². The van der Waals surface area contributed by atoms with Gasteiger partial charge in [0.25, 0.3) is 11.5 Å². The van der Waals surface area contributed by atoms with E-state index >= 15 is 0 Å². The molecule has 3 heterocycles. The molecule has 4 aliphatic rings. The average molecular weight is 462 g/mol. The number of piperazine rings is 1. The molecule has 2 amide bonds. The second-order valence-electron chi connectivity index (χ2n) is 9.51. The summed E-state index contributed by atoms with van der Waals surface area (Å²) in [7, 11) is 1.80. The van der Waals surface area contributed by atoms with Gasteiger partial charge in [0.05, 0.1) is 16.8 Å². The van der Waals surface area contributed by atoms with Crippen molar-refractivity contribution in [3.63, 3.8) is 0 Å². The van der Waals surface area contributed by atoms with Crippen LogP contribution in [0.25, 0.3) is 16.9 Å². The molecule has 1 saturated carbocycles. The summed E-state index contributed by atoms with van der Waals surface area (Å²) in [5.74, 6) is 0.747. The third kappa shape index (κ3) is 4.36. The molecule has 5 rings (SSSR count). The van der Waals surface area contributed by atoms with Crippen LogP contribution >= 0.6 is 0 Å². The standard InChI is InChI=1S/C26H31N5O3/c1-28-17-21(24-22(18-28)26(34)31(27-24)20-9-3-2-4-10-20)25(33)30-15-13-29(14-16-30)23(32)12-11-19-7-5-6-8-19/h2-4,9-10,17-19H,5-8,11-16H2,1H3. The minimum atomic E-state index is -0.246. The summed E-state index contributed by atoms with van der Waals surface area (Å²) in [6, 6.07) is 9.21. The molecule has 8 heteroatoms. The van der Waals surface area contributed by atoms with Crippen molar-refractivity contribution in [3.05, 3.63) is 58.6 Å². The number of pyridine rings is 1. The maximum atomic E-state index is 13.5. The Kier molecular flexibility index (Phi) is 6.22. The number of carbonyl (C=O) groups excluding carboxylic acids is 2. The maximum absolute atomic E-state index is 13.5. The fourth-order valence-electron chi connectivity index (χ4n) is 5.25. The van der Waals surface area contributed by atoms with Crippen molar-refractivity contribution in [1.82, 2.24) is 24.1 Å². The fourth-order valence-corrected chi connectivity index (χ4v) is 5.25. The van der Waals surface area contributed by atoms with Crippen molar-refractivity contribution in [2.75, 3.05) is 26.2 Å². The predicted octanol–water partition coefficient (Wildman–Crippen LogP) is 2.93. The molecule has 2 fully saturated rings. The van der Waals surface area contributed by atoms with Gasteiger partial charge < -0.3 is 14.4 Å². The molecule has 1 aromatic rings. The van der Waals surface area contributed by atoms with E-state index in [0.29, 0.717) is 61.0 Å². The molecule has 1 aliphatic carbocycles. The molecule has 178 valence electrons. The largest absolute Gasteiger partial charge is 0.356 e. The van der Waals surface area contributed by atoms with E-state index in [1.54, 1.807) is 28.9 Å². The van der Waals surface area contributed by atoms with Gasteiger partial charge in [0.2, 0.25) is 5.91 Å². The Morgan fingerprint density at radius 1 is 0.971 bits per heavy atom. The summed E-state index contributed by atoms with van der Waals surface area (Å²) in [5.41, 5.74) is 1.65. The van der Waals surface area contributed by atoms with Crippen molar-refractivity contribution in [3.8, 4) is 16.9 Å². The number of rotatable bonds is 5. The van der Waals surface area contributed by atoms with Crippen molar-refractivity contribution in [2.24, 2.45) is 13.0 Å². The number of hydrogen-bond acceptors (Lipinski definition) is 4. The normalized spacial score (nSPS) is 17.0. The quantitative estimate of drug-likeness (QED) is 0.585. The molecule has 1 saturated heterocycles. The Morgan fingerprint density at radius 2 is 1.65 bits per heavy atom. The highest BCUT2D eigenvalue weighted by Gasteiger charge is 2.30. The van der Waals surface area contributed by atoms with E-state index in [-0.39, 0.29) is 17.4 Å². The first-order chi connectivity index (χ1) is 16.5. The molecule has 0 spiro atoms. The van der Waals surface area contributed by atoms with Crippen LogP contribution in [0, 0.1) is 5.92 Å². The highest BCUT2D eigenvalue weighted by molar-refractivity contribution is 6.00. The number of hydrogen-bond donors (Lipinski definition) is 0. The first-order valence-corrected chi connectivity index (χ1v) is 12.2. The lowest BCUT2D eigenvalue weighted by molar-refractivity contribution is -0.133. The SMILES string of the molecule is Cn1cc(C(=O)N2CCN(C(=O)CCC3CCCC3)CC2)c2nn(-c3ccccc3)c(=O)c-2c1. The van der Waals surface area contributed by atoms with E-state index in [4.69, 9.17) is 0 Å². The minimum Gasteiger partial charge on any atom is -0.356 e. The van der Waals surface area contributed by atoms with Crippen LogP contribution in [0.3, 0.4) is 0 Å². The van der Waals surface area contributed by atoms with E-state index in [0.717, 1.165) is 6.42 Å². The Hall–Kier alpha value is -3.42. The second kappa shape index (κ2) is 9.44. The zero-order valence-corrected chi connectivity index (χ0v) is 19.7. The summed E-state index contributed by atoms with van der Waals surface area (Å²) in [4.78, 5) is 42.8. The Bertz CT molecular complexity index is 1200. The molecule has 0 unspecified atom stereocenters. The highest BCUT2D eigenvalue weighted by atomic mass is 16.2. The summed E-state index contributed by atoms with van der Waals surface area (Å²) >= 11 is 0. The van der Waals surface area contributed by atoms with Crippen molar-refractivity contribution < 1.29 is 9.59 Å². The summed E-state index contributed by atoms with van der Waals surface area (Å²) in [6.45, 7) is 2.06. The zero-order chi connectivity index (χ0) is 23.7. The Morgan fingerprint density at radius 3 is 2.35 bits per heavy atom. The van der Waals surface area contributed by atoms with Crippen LogP contribution in [0.1, 0.15) is 48.9 Å². The predicted molar refractivity (Wildman–Crippen MR) is 129 cm³/mol. The molecule has 8 nitrogen and oxygen atoms in total. The average Bonchev–Trinajstić information content (AvgIpc) is 3.50. The molecule has 3 aliphatic heterocycles. The van der Waals surface area contributed by atoms with Crippen LogP contribution in [0.5, 0.6) is 0 Å². The summed E-state index contributed by atoms with van der Waals surface area (Å²) in [5, 5.41) is 4.52. The van der Waals surface area contributed by atoms with E-state index in [1.165, 1.54) is 30.4 Å². The highest BCUT2D eigenvalue weighted by Crippen LogP contribution is 2.29. The first kappa shape index (κ1) is 22.4. The van der Waals surface area contributed by atoms with Gasteiger partial charge in [-0.1, -0.05) is 43.9 Å². The van der Waals surface area contributed by atoms with Crippen LogP contribution < -0.4 is 5.56 Å². The van der Waals surface area contributed by atoms with Crippen molar-refractivity contribution >= 4 is 11.8 Å². The number of aryl methyl sites for hydroxylation is 1. The number of benzene rings is 1. The van der Waals surface area contributed by atoms with E-state index in [1.807, 2.05) is 35.2 Å². The van der Waals surface area contributed by atoms with Crippen LogP contribution in [0.2, 0.25) is 0 Å². The molecule has 0 bridgehead atoms. The number of nitrogens with zero attached hydrogens (tertiary/aromatic N) is 5. The third-order valence-corrected chi connectivity index (χ3v) is 7.19. The summed E-state index contributed by atoms with van der Waals surface area (Å²) in [6.07, 6.45) is 10.1. The molecule has 34 heavy (non-hydrogen) atoms. The number of amides is 2. The van der Waals surface area contributed by atoms with Gasteiger partial charge in [-0.15, -0.1) is 0 Å².